The molecule has 1 aromatic rings. The number of nitrogens with zero attached hydrogens (tertiary/aromatic N) is 1. The minimum Gasteiger partial charge on any atom is -0.379 e. The van der Waals surface area contributed by atoms with Crippen LogP contribution in [0.15, 0.2) is 17.0 Å². The van der Waals surface area contributed by atoms with Crippen LogP contribution >= 0.6 is 0 Å². The van der Waals surface area contributed by atoms with Crippen LogP contribution in [0.5, 0.6) is 0 Å². The maximum Gasteiger partial charge on any atom is 0.293 e. The van der Waals surface area contributed by atoms with E-state index in [2.05, 4.69) is 10.0 Å². The number of anilines is 1. The second-order valence-electron chi connectivity index (χ2n) is 4.32. The van der Waals surface area contributed by atoms with Crippen molar-refractivity contribution in [3.8, 4) is 0 Å². The molecular weight excluding hydrogens is 282 g/mol. The average Bonchev–Trinajstić information content (AvgIpc) is 2.35. The fourth-order valence-corrected chi connectivity index (χ4v) is 3.07. The van der Waals surface area contributed by atoms with E-state index < -0.39 is 14.9 Å². The fourth-order valence-electron chi connectivity index (χ4n) is 1.79. The van der Waals surface area contributed by atoms with Crippen molar-refractivity contribution >= 4 is 21.4 Å². The molecule has 1 rings (SSSR count). The van der Waals surface area contributed by atoms with Gasteiger partial charge in [0.2, 0.25) is 10.0 Å². The van der Waals surface area contributed by atoms with Crippen LogP contribution in [0.4, 0.5) is 11.4 Å². The van der Waals surface area contributed by atoms with Gasteiger partial charge in [0.25, 0.3) is 5.69 Å². The van der Waals surface area contributed by atoms with Crippen molar-refractivity contribution in [2.45, 2.75) is 32.1 Å². The zero-order valence-corrected chi connectivity index (χ0v) is 12.6. The van der Waals surface area contributed by atoms with Crippen molar-refractivity contribution in [3.63, 3.8) is 0 Å². The van der Waals surface area contributed by atoms with E-state index in [1.165, 1.54) is 6.07 Å². The molecule has 0 saturated heterocycles. The summed E-state index contributed by atoms with van der Waals surface area (Å²) >= 11 is 0. The Morgan fingerprint density at radius 1 is 1.30 bits per heavy atom. The summed E-state index contributed by atoms with van der Waals surface area (Å²) in [4.78, 5) is 10.4. The summed E-state index contributed by atoms with van der Waals surface area (Å²) in [5.41, 5.74) is 0.570. The Bertz CT molecular complexity index is 599. The first kappa shape index (κ1) is 16.4. The molecule has 0 aromatic heterocycles. The Kier molecular flexibility index (Phi) is 5.46. The first-order valence-electron chi connectivity index (χ1n) is 6.36. The number of hydrogen-bond donors (Lipinski definition) is 2. The van der Waals surface area contributed by atoms with Gasteiger partial charge >= 0.3 is 0 Å². The number of sulfonamides is 1. The highest BCUT2D eigenvalue weighted by Crippen LogP contribution is 2.30. The molecule has 0 saturated carbocycles. The summed E-state index contributed by atoms with van der Waals surface area (Å²) in [7, 11) is -3.72. The van der Waals surface area contributed by atoms with E-state index in [-0.39, 0.29) is 17.1 Å². The van der Waals surface area contributed by atoms with Crippen LogP contribution in [0.25, 0.3) is 0 Å². The van der Waals surface area contributed by atoms with Crippen molar-refractivity contribution in [2.24, 2.45) is 0 Å². The molecule has 0 spiro atoms. The normalized spacial score (nSPS) is 11.3. The Morgan fingerprint density at radius 3 is 2.45 bits per heavy atom. The van der Waals surface area contributed by atoms with Gasteiger partial charge in [-0.05, 0) is 25.0 Å². The maximum atomic E-state index is 12.0. The number of nitro groups is 1. The summed E-state index contributed by atoms with van der Waals surface area (Å²) in [6, 6.07) is 2.60. The molecule has 0 aliphatic heterocycles. The van der Waals surface area contributed by atoms with Gasteiger partial charge in [0.15, 0.2) is 0 Å². The molecule has 0 aliphatic rings. The van der Waals surface area contributed by atoms with Crippen LogP contribution < -0.4 is 10.0 Å². The average molecular weight is 301 g/mol. The van der Waals surface area contributed by atoms with Crippen LogP contribution in [0.2, 0.25) is 0 Å². The van der Waals surface area contributed by atoms with Crippen LogP contribution in [0.1, 0.15) is 25.8 Å². The number of aryl methyl sites for hydroxylation is 1. The summed E-state index contributed by atoms with van der Waals surface area (Å²) in [5.74, 6) is 0. The predicted molar refractivity (Wildman–Crippen MR) is 77.5 cm³/mol. The molecule has 8 heteroatoms. The lowest BCUT2D eigenvalue weighted by atomic mass is 10.2. The van der Waals surface area contributed by atoms with Gasteiger partial charge in [0.05, 0.1) is 9.82 Å². The topological polar surface area (TPSA) is 101 Å². The summed E-state index contributed by atoms with van der Waals surface area (Å²) in [6.07, 6.45) is 0.813. The first-order valence-corrected chi connectivity index (χ1v) is 7.84. The molecule has 0 radical (unpaired) electrons. The van der Waals surface area contributed by atoms with Crippen molar-refractivity contribution in [2.75, 3.05) is 18.4 Å². The van der Waals surface area contributed by atoms with Gasteiger partial charge in [-0.1, -0.05) is 13.8 Å². The fraction of sp³-hybridized carbons (Fsp3) is 0.500. The molecule has 0 bridgehead atoms. The molecule has 0 unspecified atom stereocenters. The standard InChI is InChI=1S/C12H19N3O4S/c1-4-6-13-10-7-9(3)12(8-11(10)15(16)17)20(18,19)14-5-2/h7-8,13-14H,4-6H2,1-3H3. The van der Waals surface area contributed by atoms with E-state index in [4.69, 9.17) is 0 Å². The molecular formula is C12H19N3O4S. The molecule has 1 aromatic carbocycles. The summed E-state index contributed by atoms with van der Waals surface area (Å²) in [6.45, 7) is 6.02. The monoisotopic (exact) mass is 301 g/mol. The summed E-state index contributed by atoms with van der Waals surface area (Å²) in [5, 5.41) is 14.0. The SMILES string of the molecule is CCCNc1cc(C)c(S(=O)(=O)NCC)cc1[N+](=O)[O-]. The maximum absolute atomic E-state index is 12.0. The number of benzene rings is 1. The molecule has 2 N–H and O–H groups in total. The molecule has 0 aliphatic carbocycles. The van der Waals surface area contributed by atoms with Gasteiger partial charge in [0, 0.05) is 19.2 Å². The van der Waals surface area contributed by atoms with E-state index in [0.717, 1.165) is 12.5 Å². The molecule has 7 nitrogen and oxygen atoms in total. The quantitative estimate of drug-likeness (QED) is 0.592. The molecule has 0 amide bonds. The Balaban J connectivity index is 3.37. The number of nitrogens with one attached hydrogen (secondary N) is 2. The van der Waals surface area contributed by atoms with Crippen LogP contribution in [0.3, 0.4) is 0 Å². The molecule has 112 valence electrons. The zero-order valence-electron chi connectivity index (χ0n) is 11.8. The van der Waals surface area contributed by atoms with E-state index in [0.29, 0.717) is 17.8 Å². The number of rotatable bonds is 7. The minimum atomic E-state index is -3.72. The van der Waals surface area contributed by atoms with E-state index in [1.54, 1.807) is 13.8 Å². The Morgan fingerprint density at radius 2 is 1.95 bits per heavy atom. The highest BCUT2D eigenvalue weighted by atomic mass is 32.2. The molecule has 20 heavy (non-hydrogen) atoms. The van der Waals surface area contributed by atoms with Gasteiger partial charge in [-0.25, -0.2) is 13.1 Å². The third-order valence-electron chi connectivity index (χ3n) is 2.68. The second kappa shape index (κ2) is 6.67. The third-order valence-corrected chi connectivity index (χ3v) is 4.37. The third kappa shape index (κ3) is 3.67. The highest BCUT2D eigenvalue weighted by Gasteiger charge is 2.23. The van der Waals surface area contributed by atoms with Crippen molar-refractivity contribution < 1.29 is 13.3 Å². The number of nitro benzene ring substituents is 1. The van der Waals surface area contributed by atoms with Crippen molar-refractivity contribution in [1.82, 2.24) is 4.72 Å². The predicted octanol–water partition coefficient (Wildman–Crippen LogP) is 2.02. The number of hydrogen-bond acceptors (Lipinski definition) is 5. The zero-order chi connectivity index (χ0) is 15.3. The van der Waals surface area contributed by atoms with E-state index >= 15 is 0 Å². The van der Waals surface area contributed by atoms with E-state index in [9.17, 15) is 18.5 Å². The first-order chi connectivity index (χ1) is 9.33. The highest BCUT2D eigenvalue weighted by molar-refractivity contribution is 7.89. The molecule has 0 atom stereocenters. The largest absolute Gasteiger partial charge is 0.379 e. The van der Waals surface area contributed by atoms with Gasteiger partial charge in [0.1, 0.15) is 5.69 Å². The summed E-state index contributed by atoms with van der Waals surface area (Å²) < 4.78 is 26.3. The second-order valence-corrected chi connectivity index (χ2v) is 6.06. The van der Waals surface area contributed by atoms with Crippen molar-refractivity contribution in [1.29, 1.82) is 0 Å². The lowest BCUT2D eigenvalue weighted by Crippen LogP contribution is -2.24. The van der Waals surface area contributed by atoms with E-state index in [1.807, 2.05) is 6.92 Å². The van der Waals surface area contributed by atoms with Gasteiger partial charge in [-0.15, -0.1) is 0 Å². The lowest BCUT2D eigenvalue weighted by molar-refractivity contribution is -0.384. The van der Waals surface area contributed by atoms with Gasteiger partial charge < -0.3 is 5.32 Å². The van der Waals surface area contributed by atoms with Crippen LogP contribution in [0, 0.1) is 17.0 Å². The van der Waals surface area contributed by atoms with Gasteiger partial charge in [-0.2, -0.15) is 0 Å². The minimum absolute atomic E-state index is 0.0619. The van der Waals surface area contributed by atoms with Crippen molar-refractivity contribution in [3.05, 3.63) is 27.8 Å². The Hall–Kier alpha value is -1.67. The molecule has 0 heterocycles. The van der Waals surface area contributed by atoms with Crippen LogP contribution in [-0.4, -0.2) is 26.4 Å². The van der Waals surface area contributed by atoms with Crippen LogP contribution in [-0.2, 0) is 10.0 Å². The van der Waals surface area contributed by atoms with Gasteiger partial charge in [-0.3, -0.25) is 10.1 Å². The smallest absolute Gasteiger partial charge is 0.293 e. The lowest BCUT2D eigenvalue weighted by Gasteiger charge is -2.11. The Labute approximate surface area is 118 Å². The molecule has 0 fully saturated rings.